The molecule has 37 heavy (non-hydrogen) atoms. The number of H-pyrrole nitrogens is 1. The SMILES string of the molecule is CN(C)/C=C\N(C=O)c1ccc(-c2cc(F)cc(-c3cc(N4CCCC4)c4cn[nH]c4c3)c2O)cc1Cl. The van der Waals surface area contributed by atoms with E-state index in [2.05, 4.69) is 15.1 Å². The third-order valence-electron chi connectivity index (χ3n) is 6.55. The van der Waals surface area contributed by atoms with Gasteiger partial charge in [-0.05, 0) is 60.4 Å². The Balaban J connectivity index is 1.58. The Bertz CT molecular complexity index is 1490. The van der Waals surface area contributed by atoms with E-state index in [4.69, 9.17) is 11.6 Å². The fourth-order valence-electron chi connectivity index (χ4n) is 4.71. The second kappa shape index (κ2) is 10.1. The fraction of sp³-hybridized carbons (Fsp3) is 0.214. The average molecular weight is 520 g/mol. The molecule has 1 aliphatic heterocycles. The summed E-state index contributed by atoms with van der Waals surface area (Å²) >= 11 is 6.52. The Morgan fingerprint density at radius 2 is 1.78 bits per heavy atom. The molecule has 1 amide bonds. The van der Waals surface area contributed by atoms with E-state index in [0.717, 1.165) is 42.5 Å². The molecule has 7 nitrogen and oxygen atoms in total. The summed E-state index contributed by atoms with van der Waals surface area (Å²) in [5, 5.41) is 19.8. The van der Waals surface area contributed by atoms with E-state index in [0.29, 0.717) is 34.4 Å². The van der Waals surface area contributed by atoms with Gasteiger partial charge >= 0.3 is 0 Å². The molecule has 2 heterocycles. The maximum atomic E-state index is 14.9. The number of hydrogen-bond donors (Lipinski definition) is 2. The Hall–Kier alpha value is -4.04. The number of rotatable bonds is 7. The van der Waals surface area contributed by atoms with Crippen LogP contribution in [0.2, 0.25) is 5.02 Å². The molecule has 1 fully saturated rings. The number of nitrogens with zero attached hydrogens (tertiary/aromatic N) is 4. The third-order valence-corrected chi connectivity index (χ3v) is 6.85. The normalized spacial score (nSPS) is 13.6. The highest BCUT2D eigenvalue weighted by Crippen LogP contribution is 2.43. The molecule has 0 radical (unpaired) electrons. The largest absolute Gasteiger partial charge is 0.507 e. The van der Waals surface area contributed by atoms with Crippen molar-refractivity contribution in [3.8, 4) is 28.0 Å². The molecule has 190 valence electrons. The summed E-state index contributed by atoms with van der Waals surface area (Å²) in [4.78, 5) is 17.1. The Morgan fingerprint density at radius 3 is 2.46 bits per heavy atom. The summed E-state index contributed by atoms with van der Waals surface area (Å²) in [6.45, 7) is 1.88. The molecular formula is C28H27ClFN5O2. The molecule has 0 saturated carbocycles. The smallest absolute Gasteiger partial charge is 0.218 e. The lowest BCUT2D eigenvalue weighted by Crippen LogP contribution is -2.17. The number of hydrogen-bond acceptors (Lipinski definition) is 5. The second-order valence-corrected chi connectivity index (χ2v) is 9.72. The maximum Gasteiger partial charge on any atom is 0.218 e. The molecule has 3 aromatic carbocycles. The van der Waals surface area contributed by atoms with E-state index < -0.39 is 5.82 Å². The lowest BCUT2D eigenvalue weighted by atomic mass is 9.95. The zero-order valence-electron chi connectivity index (χ0n) is 20.6. The van der Waals surface area contributed by atoms with Crippen molar-refractivity contribution in [2.75, 3.05) is 37.0 Å². The van der Waals surface area contributed by atoms with Crippen LogP contribution in [0.3, 0.4) is 0 Å². The van der Waals surface area contributed by atoms with Crippen molar-refractivity contribution in [2.45, 2.75) is 12.8 Å². The predicted octanol–water partition coefficient (Wildman–Crippen LogP) is 5.99. The summed E-state index contributed by atoms with van der Waals surface area (Å²) in [5.74, 6) is -0.546. The second-order valence-electron chi connectivity index (χ2n) is 9.31. The highest BCUT2D eigenvalue weighted by atomic mass is 35.5. The van der Waals surface area contributed by atoms with Crippen molar-refractivity contribution >= 4 is 40.3 Å². The highest BCUT2D eigenvalue weighted by Gasteiger charge is 2.20. The number of aromatic hydroxyl groups is 1. The van der Waals surface area contributed by atoms with Crippen LogP contribution in [0.25, 0.3) is 33.2 Å². The number of fused-ring (bicyclic) bond motifs is 1. The van der Waals surface area contributed by atoms with E-state index in [9.17, 15) is 14.3 Å². The summed E-state index contributed by atoms with van der Waals surface area (Å²) in [5.41, 5.74) is 4.17. The van der Waals surface area contributed by atoms with Gasteiger partial charge in [-0.15, -0.1) is 0 Å². The summed E-state index contributed by atoms with van der Waals surface area (Å²) in [6.07, 6.45) is 7.99. The van der Waals surface area contributed by atoms with E-state index in [1.54, 1.807) is 41.7 Å². The van der Waals surface area contributed by atoms with Crippen LogP contribution in [0.4, 0.5) is 15.8 Å². The molecular weight excluding hydrogens is 493 g/mol. The molecule has 4 aromatic rings. The predicted molar refractivity (Wildman–Crippen MR) is 146 cm³/mol. The molecule has 0 unspecified atom stereocenters. The van der Waals surface area contributed by atoms with Crippen LogP contribution in [0, 0.1) is 5.82 Å². The number of benzene rings is 3. The Kier molecular flexibility index (Phi) is 6.76. The van der Waals surface area contributed by atoms with Gasteiger partial charge in [-0.2, -0.15) is 5.10 Å². The van der Waals surface area contributed by atoms with Gasteiger partial charge in [-0.1, -0.05) is 17.7 Å². The number of anilines is 2. The van der Waals surface area contributed by atoms with Crippen molar-refractivity contribution in [3.05, 3.63) is 71.9 Å². The van der Waals surface area contributed by atoms with Gasteiger partial charge in [-0.3, -0.25) is 14.8 Å². The van der Waals surface area contributed by atoms with Gasteiger partial charge in [-0.25, -0.2) is 4.39 Å². The molecule has 9 heteroatoms. The molecule has 0 spiro atoms. The number of aromatic amines is 1. The van der Waals surface area contributed by atoms with Crippen LogP contribution < -0.4 is 9.80 Å². The zero-order chi connectivity index (χ0) is 26.1. The molecule has 2 N–H and O–H groups in total. The first-order valence-corrected chi connectivity index (χ1v) is 12.4. The van der Waals surface area contributed by atoms with Crippen molar-refractivity contribution in [2.24, 2.45) is 0 Å². The average Bonchev–Trinajstić information content (AvgIpc) is 3.58. The Morgan fingerprint density at radius 1 is 1.05 bits per heavy atom. The van der Waals surface area contributed by atoms with Crippen LogP contribution >= 0.6 is 11.6 Å². The number of phenols is 1. The highest BCUT2D eigenvalue weighted by molar-refractivity contribution is 6.34. The molecule has 0 bridgehead atoms. The van der Waals surface area contributed by atoms with Gasteiger partial charge in [0.05, 0.1) is 22.4 Å². The monoisotopic (exact) mass is 519 g/mol. The number of nitrogens with one attached hydrogen (secondary N) is 1. The summed E-state index contributed by atoms with van der Waals surface area (Å²) in [7, 11) is 3.68. The zero-order valence-corrected chi connectivity index (χ0v) is 21.3. The van der Waals surface area contributed by atoms with Crippen LogP contribution in [0.1, 0.15) is 12.8 Å². The Labute approximate surface area is 219 Å². The van der Waals surface area contributed by atoms with Crippen LogP contribution in [-0.2, 0) is 4.79 Å². The van der Waals surface area contributed by atoms with E-state index in [1.807, 2.05) is 26.2 Å². The first-order valence-electron chi connectivity index (χ1n) is 12.0. The number of amides is 1. The molecule has 1 aromatic heterocycles. The minimum atomic E-state index is -0.487. The number of halogens is 2. The van der Waals surface area contributed by atoms with E-state index >= 15 is 0 Å². The quantitative estimate of drug-likeness (QED) is 0.293. The van der Waals surface area contributed by atoms with Gasteiger partial charge in [0.2, 0.25) is 6.41 Å². The molecule has 5 rings (SSSR count). The van der Waals surface area contributed by atoms with Gasteiger partial charge < -0.3 is 14.9 Å². The molecule has 1 saturated heterocycles. The molecule has 0 atom stereocenters. The molecule has 0 aliphatic carbocycles. The van der Waals surface area contributed by atoms with Gasteiger partial charge in [0.25, 0.3) is 0 Å². The van der Waals surface area contributed by atoms with Crippen molar-refractivity contribution in [1.29, 1.82) is 0 Å². The van der Waals surface area contributed by atoms with Crippen molar-refractivity contribution in [1.82, 2.24) is 15.1 Å². The van der Waals surface area contributed by atoms with E-state index in [-0.39, 0.29) is 10.8 Å². The van der Waals surface area contributed by atoms with Crippen LogP contribution in [-0.4, -0.2) is 53.8 Å². The number of phenolic OH excluding ortho intramolecular Hbond substituents is 1. The van der Waals surface area contributed by atoms with Crippen LogP contribution in [0.5, 0.6) is 5.75 Å². The topological polar surface area (TPSA) is 75.7 Å². The first kappa shape index (κ1) is 24.6. The van der Waals surface area contributed by atoms with Gasteiger partial charge in [0.15, 0.2) is 0 Å². The van der Waals surface area contributed by atoms with Gasteiger partial charge in [0, 0.05) is 61.8 Å². The lowest BCUT2D eigenvalue weighted by Gasteiger charge is -2.20. The fourth-order valence-corrected chi connectivity index (χ4v) is 4.99. The number of carbonyl (C=O) groups is 1. The first-order chi connectivity index (χ1) is 17.9. The minimum absolute atomic E-state index is 0.0591. The third kappa shape index (κ3) is 4.84. The molecule has 1 aliphatic rings. The van der Waals surface area contributed by atoms with Crippen molar-refractivity contribution in [3.63, 3.8) is 0 Å². The maximum absolute atomic E-state index is 14.9. The standard InChI is InChI=1S/C28H27ClFN5O2/c1-33(2)9-10-35(17-36)26-6-5-18(11-24(26)29)21-14-20(30)15-22(28(21)37)19-12-25-23(16-31-32-25)27(13-19)34-7-3-4-8-34/h5-6,9-17,37H,3-4,7-8H2,1-2H3,(H,31,32)/b10-9-. The lowest BCUT2D eigenvalue weighted by molar-refractivity contribution is -0.106. The van der Waals surface area contributed by atoms with Gasteiger partial charge in [0.1, 0.15) is 11.6 Å². The summed E-state index contributed by atoms with van der Waals surface area (Å²) < 4.78 is 14.9. The van der Waals surface area contributed by atoms with Crippen LogP contribution in [0.15, 0.2) is 61.1 Å². The number of aromatic nitrogens is 2. The van der Waals surface area contributed by atoms with E-state index in [1.165, 1.54) is 17.0 Å². The van der Waals surface area contributed by atoms with Crippen molar-refractivity contribution < 1.29 is 14.3 Å². The summed E-state index contributed by atoms with van der Waals surface area (Å²) in [6, 6.07) is 11.4. The number of carbonyl (C=O) groups excluding carboxylic acids is 1. The minimum Gasteiger partial charge on any atom is -0.507 e.